The van der Waals surface area contributed by atoms with Crippen LogP contribution in [0.15, 0.2) is 133 Å². The van der Waals surface area contributed by atoms with E-state index in [1.807, 2.05) is 0 Å². The van der Waals surface area contributed by atoms with Crippen molar-refractivity contribution in [2.75, 3.05) is 45.8 Å². The molecule has 4 nitrogen and oxygen atoms in total. The molecule has 0 unspecified atom stereocenters. The summed E-state index contributed by atoms with van der Waals surface area (Å²) in [7, 11) is 0. The summed E-state index contributed by atoms with van der Waals surface area (Å²) >= 11 is 0. The van der Waals surface area contributed by atoms with Crippen molar-refractivity contribution in [1.82, 2.24) is 0 Å². The summed E-state index contributed by atoms with van der Waals surface area (Å²) < 4.78 is 0. The van der Waals surface area contributed by atoms with E-state index in [9.17, 15) is 0 Å². The van der Waals surface area contributed by atoms with E-state index >= 15 is 0 Å². The van der Waals surface area contributed by atoms with Gasteiger partial charge in [0, 0.05) is 69.9 Å². The molecular weight excluding hydrogens is 705 g/mol. The molecule has 0 amide bonds. The Morgan fingerprint density at radius 1 is 0.345 bits per heavy atom. The second-order valence-corrected chi connectivity index (χ2v) is 18.2. The molecule has 58 heavy (non-hydrogen) atoms. The van der Waals surface area contributed by atoms with Gasteiger partial charge in [-0.1, -0.05) is 113 Å². The minimum atomic E-state index is -0.149. The van der Waals surface area contributed by atoms with E-state index in [0.717, 1.165) is 26.2 Å². The third-order valence-corrected chi connectivity index (χ3v) is 14.2. The van der Waals surface area contributed by atoms with Crippen LogP contribution in [-0.4, -0.2) is 26.2 Å². The van der Waals surface area contributed by atoms with Crippen molar-refractivity contribution in [1.29, 1.82) is 0 Å². The minimum Gasteiger partial charge on any atom is -0.372 e. The second-order valence-electron chi connectivity index (χ2n) is 18.2. The van der Waals surface area contributed by atoms with Crippen molar-refractivity contribution >= 4 is 67.0 Å². The van der Waals surface area contributed by atoms with Gasteiger partial charge < -0.3 is 19.6 Å². The Bertz CT molecular complexity index is 2440. The molecule has 4 aliphatic rings. The lowest BCUT2D eigenvalue weighted by Gasteiger charge is -2.44. The van der Waals surface area contributed by atoms with E-state index in [1.165, 1.54) is 128 Å². The molecule has 7 aromatic rings. The summed E-state index contributed by atoms with van der Waals surface area (Å²) in [5.74, 6) is 0. The molecule has 0 N–H and O–H groups in total. The summed E-state index contributed by atoms with van der Waals surface area (Å²) in [6.07, 6.45) is 7.59. The van der Waals surface area contributed by atoms with Gasteiger partial charge in [0.25, 0.3) is 0 Å². The first-order chi connectivity index (χ1) is 28.3. The smallest absolute Gasteiger partial charge is 0.0621 e. The molecule has 7 aromatic carbocycles. The van der Waals surface area contributed by atoms with E-state index in [2.05, 4.69) is 181 Å². The lowest BCUT2D eigenvalue weighted by molar-refractivity contribution is 0.578. The van der Waals surface area contributed by atoms with Crippen LogP contribution in [-0.2, 0) is 10.8 Å². The van der Waals surface area contributed by atoms with Crippen molar-refractivity contribution in [2.24, 2.45) is 0 Å². The van der Waals surface area contributed by atoms with E-state index in [4.69, 9.17) is 0 Å². The lowest BCUT2D eigenvalue weighted by Crippen LogP contribution is -2.32. The molecule has 11 rings (SSSR count). The van der Waals surface area contributed by atoms with Gasteiger partial charge >= 0.3 is 0 Å². The molecule has 4 heterocycles. The first-order valence-corrected chi connectivity index (χ1v) is 21.8. The van der Waals surface area contributed by atoms with E-state index < -0.39 is 0 Å². The summed E-state index contributed by atoms with van der Waals surface area (Å²) in [6, 6.07) is 51.5. The van der Waals surface area contributed by atoms with Crippen LogP contribution in [0.25, 0.3) is 21.5 Å². The molecular formula is C54H54N4. The molecule has 0 saturated carbocycles. The Morgan fingerprint density at radius 2 is 0.655 bits per heavy atom. The number of benzene rings is 7. The monoisotopic (exact) mass is 758 g/mol. The maximum Gasteiger partial charge on any atom is 0.0621 e. The van der Waals surface area contributed by atoms with Crippen molar-refractivity contribution in [3.05, 3.63) is 156 Å². The Labute approximate surface area is 344 Å². The predicted molar refractivity (Wildman–Crippen MR) is 247 cm³/mol. The molecule has 0 aromatic heterocycles. The van der Waals surface area contributed by atoms with Crippen molar-refractivity contribution < 1.29 is 0 Å². The largest absolute Gasteiger partial charge is 0.372 e. The Hall–Kier alpha value is -5.74. The zero-order chi connectivity index (χ0) is 39.2. The molecule has 4 aliphatic heterocycles. The van der Waals surface area contributed by atoms with Crippen LogP contribution in [0.2, 0.25) is 0 Å². The maximum absolute atomic E-state index is 2.63. The van der Waals surface area contributed by atoms with Gasteiger partial charge in [-0.2, -0.15) is 0 Å². The quantitative estimate of drug-likeness (QED) is 0.166. The van der Waals surface area contributed by atoms with Crippen LogP contribution in [0.4, 0.5) is 45.5 Å². The average molecular weight is 759 g/mol. The van der Waals surface area contributed by atoms with Gasteiger partial charge in [0.2, 0.25) is 0 Å². The fourth-order valence-corrected chi connectivity index (χ4v) is 11.2. The molecule has 2 saturated heterocycles. The molecule has 290 valence electrons. The maximum atomic E-state index is 2.63. The number of anilines is 8. The van der Waals surface area contributed by atoms with E-state index in [0.29, 0.717) is 0 Å². The highest BCUT2D eigenvalue weighted by Gasteiger charge is 2.40. The SMILES string of the molecule is CC1(C)c2ccccc2N(c2c3ccc(N4CCCCC4)cc3c(N3c4ccccc4C(C)(C)c4ccccc43)c3ccc(N4CCCCC4)cc23)c2ccccc21. The van der Waals surface area contributed by atoms with Gasteiger partial charge in [0.05, 0.1) is 34.1 Å². The van der Waals surface area contributed by atoms with Gasteiger partial charge in [-0.25, -0.2) is 0 Å². The molecule has 0 aliphatic carbocycles. The highest BCUT2D eigenvalue weighted by Crippen LogP contribution is 2.59. The molecule has 2 fully saturated rings. The highest BCUT2D eigenvalue weighted by molar-refractivity contribution is 6.25. The topological polar surface area (TPSA) is 13.0 Å². The predicted octanol–water partition coefficient (Wildman–Crippen LogP) is 14.2. The molecule has 0 spiro atoms. The lowest BCUT2D eigenvalue weighted by atomic mass is 9.73. The standard InChI is InChI=1S/C54H54N4/c1-53(2)43-19-7-11-23-47(43)57(48-24-12-8-20-44(48)53)51-39-29-27-38(56-33-17-6-18-34-56)36-42(39)52(40-30-28-37(35-41(40)51)55-31-15-5-16-32-55)58-49-25-13-9-21-45(49)54(3,4)46-22-10-14-26-50(46)58/h7-14,19-30,35-36H,5-6,15-18,31-34H2,1-4H3. The van der Waals surface area contributed by atoms with Gasteiger partial charge in [0.15, 0.2) is 0 Å². The molecule has 0 radical (unpaired) electrons. The van der Waals surface area contributed by atoms with Gasteiger partial charge in [-0.3, -0.25) is 0 Å². The summed E-state index contributed by atoms with van der Waals surface area (Å²) in [4.78, 5) is 10.5. The van der Waals surface area contributed by atoms with Crippen molar-refractivity contribution in [3.8, 4) is 0 Å². The number of para-hydroxylation sites is 4. The number of nitrogens with zero attached hydrogens (tertiary/aromatic N) is 4. The minimum absolute atomic E-state index is 0.149. The third kappa shape index (κ3) is 5.26. The second kappa shape index (κ2) is 13.4. The van der Waals surface area contributed by atoms with Crippen molar-refractivity contribution in [2.45, 2.75) is 77.0 Å². The van der Waals surface area contributed by atoms with Gasteiger partial charge in [0.1, 0.15) is 0 Å². The first-order valence-electron chi connectivity index (χ1n) is 21.8. The van der Waals surface area contributed by atoms with E-state index in [-0.39, 0.29) is 10.8 Å². The highest BCUT2D eigenvalue weighted by atomic mass is 15.2. The number of hydrogen-bond acceptors (Lipinski definition) is 4. The summed E-state index contributed by atoms with van der Waals surface area (Å²) in [6.45, 7) is 14.0. The number of hydrogen-bond donors (Lipinski definition) is 0. The van der Waals surface area contributed by atoms with Crippen LogP contribution in [0.1, 0.15) is 88.5 Å². The van der Waals surface area contributed by atoms with Crippen LogP contribution in [0.5, 0.6) is 0 Å². The van der Waals surface area contributed by atoms with Gasteiger partial charge in [-0.05, 0) is 109 Å². The van der Waals surface area contributed by atoms with E-state index in [1.54, 1.807) is 0 Å². The van der Waals surface area contributed by atoms with Crippen LogP contribution < -0.4 is 19.6 Å². The Kier molecular flexibility index (Phi) is 8.19. The zero-order valence-corrected chi connectivity index (χ0v) is 34.6. The fraction of sp³-hybridized carbons (Fsp3) is 0.296. The van der Waals surface area contributed by atoms with Crippen LogP contribution in [0, 0.1) is 0 Å². The average Bonchev–Trinajstić information content (AvgIpc) is 3.27. The molecule has 0 atom stereocenters. The number of rotatable bonds is 4. The van der Waals surface area contributed by atoms with Crippen LogP contribution >= 0.6 is 0 Å². The molecule has 4 heteroatoms. The summed E-state index contributed by atoms with van der Waals surface area (Å²) in [5.41, 5.74) is 15.4. The normalized spacial score (nSPS) is 18.1. The zero-order valence-electron chi connectivity index (χ0n) is 34.6. The molecule has 0 bridgehead atoms. The fourth-order valence-electron chi connectivity index (χ4n) is 11.2. The summed E-state index contributed by atoms with van der Waals surface area (Å²) in [5, 5.41) is 5.15. The van der Waals surface area contributed by atoms with Crippen LogP contribution in [0.3, 0.4) is 0 Å². The third-order valence-electron chi connectivity index (χ3n) is 14.2. The van der Waals surface area contributed by atoms with Crippen molar-refractivity contribution in [3.63, 3.8) is 0 Å². The number of piperidine rings is 2. The Morgan fingerprint density at radius 3 is 0.983 bits per heavy atom. The first kappa shape index (κ1) is 35.4. The number of fused-ring (bicyclic) bond motifs is 6. The Balaban J connectivity index is 1.30. The van der Waals surface area contributed by atoms with Gasteiger partial charge in [-0.15, -0.1) is 0 Å².